The fraction of sp³-hybridized carbons (Fsp3) is 0.458. The Morgan fingerprint density at radius 3 is 2.76 bits per heavy atom. The molecular weight excluding hydrogens is 477 g/mol. The Hall–Kier alpha value is -1.76. The highest BCUT2D eigenvalue weighted by Gasteiger charge is 2.47. The number of likely N-dealkylation sites (tertiary alicyclic amines) is 1. The molecule has 1 aliphatic heterocycles. The van der Waals surface area contributed by atoms with E-state index >= 15 is 0 Å². The molecule has 1 aromatic carbocycles. The van der Waals surface area contributed by atoms with Crippen LogP contribution in [0.1, 0.15) is 44.2 Å². The SMILES string of the molecule is CC(C)(C)OC(=O)N1C[C@@H](I)C2c3ccccc3C(OC[C@H]3C=CC=CC3)=CC21. The lowest BCUT2D eigenvalue weighted by molar-refractivity contribution is 0.0250. The highest BCUT2D eigenvalue weighted by Crippen LogP contribution is 2.46. The molecule has 1 amide bonds. The summed E-state index contributed by atoms with van der Waals surface area (Å²) in [7, 11) is 0. The summed E-state index contributed by atoms with van der Waals surface area (Å²) in [6.45, 7) is 7.05. The van der Waals surface area contributed by atoms with Crippen molar-refractivity contribution in [2.24, 2.45) is 5.92 Å². The van der Waals surface area contributed by atoms with Crippen molar-refractivity contribution in [2.75, 3.05) is 13.2 Å². The lowest BCUT2D eigenvalue weighted by Crippen LogP contribution is -2.41. The number of carbonyl (C=O) groups is 1. The van der Waals surface area contributed by atoms with Crippen LogP contribution >= 0.6 is 22.6 Å². The third kappa shape index (κ3) is 4.39. The molecule has 154 valence electrons. The molecule has 0 saturated carbocycles. The number of carbonyl (C=O) groups excluding carboxylic acids is 1. The summed E-state index contributed by atoms with van der Waals surface area (Å²) >= 11 is 2.48. The van der Waals surface area contributed by atoms with Crippen LogP contribution in [-0.2, 0) is 9.47 Å². The molecule has 2 unspecified atom stereocenters. The number of rotatable bonds is 3. The maximum atomic E-state index is 12.9. The molecule has 0 spiro atoms. The minimum Gasteiger partial charge on any atom is -0.493 e. The van der Waals surface area contributed by atoms with Gasteiger partial charge in [-0.2, -0.15) is 0 Å². The summed E-state index contributed by atoms with van der Waals surface area (Å²) < 4.78 is 12.3. The van der Waals surface area contributed by atoms with Crippen molar-refractivity contribution in [3.63, 3.8) is 0 Å². The van der Waals surface area contributed by atoms with Gasteiger partial charge in [-0.15, -0.1) is 0 Å². The van der Waals surface area contributed by atoms with E-state index in [1.807, 2.05) is 25.7 Å². The summed E-state index contributed by atoms with van der Waals surface area (Å²) in [5.74, 6) is 1.52. The van der Waals surface area contributed by atoms with E-state index in [1.165, 1.54) is 5.56 Å². The number of amides is 1. The fourth-order valence-corrected chi connectivity index (χ4v) is 5.49. The maximum Gasteiger partial charge on any atom is 0.410 e. The Morgan fingerprint density at radius 1 is 1.24 bits per heavy atom. The monoisotopic (exact) mass is 505 g/mol. The van der Waals surface area contributed by atoms with E-state index in [4.69, 9.17) is 9.47 Å². The lowest BCUT2D eigenvalue weighted by Gasteiger charge is -2.33. The van der Waals surface area contributed by atoms with Gasteiger partial charge in [0.2, 0.25) is 0 Å². The van der Waals surface area contributed by atoms with E-state index in [-0.39, 0.29) is 18.1 Å². The summed E-state index contributed by atoms with van der Waals surface area (Å²) in [5, 5.41) is 0. The highest BCUT2D eigenvalue weighted by molar-refractivity contribution is 14.1. The van der Waals surface area contributed by atoms with Gasteiger partial charge in [-0.05, 0) is 38.8 Å². The van der Waals surface area contributed by atoms with Gasteiger partial charge in [0.05, 0.1) is 12.6 Å². The Kier molecular flexibility index (Phi) is 5.78. The molecule has 0 bridgehead atoms. The molecule has 4 atom stereocenters. The van der Waals surface area contributed by atoms with E-state index in [2.05, 4.69) is 77.2 Å². The summed E-state index contributed by atoms with van der Waals surface area (Å²) in [4.78, 5) is 14.8. The van der Waals surface area contributed by atoms with Gasteiger partial charge in [0.25, 0.3) is 0 Å². The first kappa shape index (κ1) is 20.5. The van der Waals surface area contributed by atoms with Crippen molar-refractivity contribution < 1.29 is 14.3 Å². The Balaban J connectivity index is 1.61. The van der Waals surface area contributed by atoms with Crippen molar-refractivity contribution in [1.29, 1.82) is 0 Å². The standard InChI is InChI=1S/C24H28INO3/c1-24(2,3)29-23(27)26-14-19(25)22-18-12-8-7-11-17(18)21(13-20(22)26)28-15-16-9-5-4-6-10-16/h4-9,11-13,16,19-20,22H,10,14-15H2,1-3H3/t16-,19+,20?,22?/m0/s1. The molecule has 1 heterocycles. The van der Waals surface area contributed by atoms with Crippen LogP contribution in [0.2, 0.25) is 0 Å². The van der Waals surface area contributed by atoms with Gasteiger partial charge < -0.3 is 9.47 Å². The molecule has 1 aromatic rings. The highest BCUT2D eigenvalue weighted by atomic mass is 127. The minimum atomic E-state index is -0.508. The van der Waals surface area contributed by atoms with Crippen LogP contribution in [0.25, 0.3) is 5.76 Å². The molecule has 4 rings (SSSR count). The number of benzene rings is 1. The lowest BCUT2D eigenvalue weighted by atomic mass is 9.83. The topological polar surface area (TPSA) is 38.8 Å². The first-order valence-electron chi connectivity index (χ1n) is 10.2. The van der Waals surface area contributed by atoms with Crippen LogP contribution in [0.5, 0.6) is 0 Å². The van der Waals surface area contributed by atoms with Crippen LogP contribution in [-0.4, -0.2) is 39.7 Å². The molecule has 1 fully saturated rings. The number of hydrogen-bond acceptors (Lipinski definition) is 3. The molecule has 5 heteroatoms. The van der Waals surface area contributed by atoms with E-state index in [9.17, 15) is 4.79 Å². The Labute approximate surface area is 186 Å². The predicted octanol–water partition coefficient (Wildman–Crippen LogP) is 5.70. The second kappa shape index (κ2) is 8.17. The normalized spacial score (nSPS) is 27.9. The molecular formula is C24H28INO3. The van der Waals surface area contributed by atoms with Crippen LogP contribution in [0.15, 0.2) is 54.6 Å². The molecule has 29 heavy (non-hydrogen) atoms. The average molecular weight is 505 g/mol. The molecule has 2 aliphatic carbocycles. The number of nitrogens with zero attached hydrogens (tertiary/aromatic N) is 1. The van der Waals surface area contributed by atoms with Gasteiger partial charge in [-0.1, -0.05) is 71.2 Å². The average Bonchev–Trinajstić information content (AvgIpc) is 3.02. The number of ether oxygens (including phenoxy) is 2. The number of hydrogen-bond donors (Lipinski definition) is 0. The Morgan fingerprint density at radius 2 is 2.03 bits per heavy atom. The van der Waals surface area contributed by atoms with Gasteiger partial charge in [-0.25, -0.2) is 4.79 Å². The summed E-state index contributed by atoms with van der Waals surface area (Å²) in [6.07, 6.45) is 11.4. The van der Waals surface area contributed by atoms with Gasteiger partial charge in [-0.3, -0.25) is 4.90 Å². The van der Waals surface area contributed by atoms with Gasteiger partial charge >= 0.3 is 6.09 Å². The summed E-state index contributed by atoms with van der Waals surface area (Å²) in [6, 6.07) is 8.40. The first-order chi connectivity index (χ1) is 13.8. The van der Waals surface area contributed by atoms with Gasteiger partial charge in [0.15, 0.2) is 0 Å². The first-order valence-corrected chi connectivity index (χ1v) is 11.5. The van der Waals surface area contributed by atoms with Crippen molar-refractivity contribution >= 4 is 34.4 Å². The van der Waals surface area contributed by atoms with Crippen molar-refractivity contribution in [3.8, 4) is 0 Å². The molecule has 3 aliphatic rings. The van der Waals surface area contributed by atoms with Crippen LogP contribution in [0, 0.1) is 5.92 Å². The second-order valence-electron chi connectivity index (χ2n) is 8.90. The van der Waals surface area contributed by atoms with E-state index in [0.29, 0.717) is 23.0 Å². The summed E-state index contributed by atoms with van der Waals surface area (Å²) in [5.41, 5.74) is 1.91. The van der Waals surface area contributed by atoms with Crippen LogP contribution in [0.3, 0.4) is 0 Å². The fourth-order valence-electron chi connectivity index (χ4n) is 4.26. The van der Waals surface area contributed by atoms with Crippen LogP contribution < -0.4 is 0 Å². The second-order valence-corrected chi connectivity index (χ2v) is 10.5. The molecule has 4 nitrogen and oxygen atoms in total. The van der Waals surface area contributed by atoms with E-state index in [1.54, 1.807) is 0 Å². The van der Waals surface area contributed by atoms with Gasteiger partial charge in [0.1, 0.15) is 11.4 Å². The third-order valence-electron chi connectivity index (χ3n) is 5.55. The van der Waals surface area contributed by atoms with E-state index < -0.39 is 5.60 Å². The quantitative estimate of drug-likeness (QED) is 0.391. The zero-order chi connectivity index (χ0) is 20.6. The van der Waals surface area contributed by atoms with E-state index in [0.717, 1.165) is 17.7 Å². The largest absolute Gasteiger partial charge is 0.493 e. The van der Waals surface area contributed by atoms with Crippen molar-refractivity contribution in [2.45, 2.75) is 48.7 Å². The molecule has 0 radical (unpaired) electrons. The zero-order valence-corrected chi connectivity index (χ0v) is 19.3. The third-order valence-corrected chi connectivity index (χ3v) is 6.72. The van der Waals surface area contributed by atoms with Crippen LogP contribution in [0.4, 0.5) is 4.79 Å². The van der Waals surface area contributed by atoms with Gasteiger partial charge in [0, 0.05) is 27.9 Å². The molecule has 0 aromatic heterocycles. The molecule has 1 saturated heterocycles. The Bertz CT molecular complexity index is 867. The maximum absolute atomic E-state index is 12.9. The number of halogens is 1. The minimum absolute atomic E-state index is 0.0431. The predicted molar refractivity (Wildman–Crippen MR) is 124 cm³/mol. The van der Waals surface area contributed by atoms with Crippen molar-refractivity contribution in [1.82, 2.24) is 4.90 Å². The number of alkyl halides is 1. The van der Waals surface area contributed by atoms with Crippen molar-refractivity contribution in [3.05, 3.63) is 65.8 Å². The smallest absolute Gasteiger partial charge is 0.410 e. The number of allylic oxidation sites excluding steroid dienone is 3. The number of fused-ring (bicyclic) bond motifs is 3. The zero-order valence-electron chi connectivity index (χ0n) is 17.2. The molecule has 0 N–H and O–H groups in total.